The number of anilines is 1. The molecular formula is C27H33Cl2N5O. The summed E-state index contributed by atoms with van der Waals surface area (Å²) in [5.74, 6) is 0.279. The van der Waals surface area contributed by atoms with Crippen LogP contribution >= 0.6 is 23.2 Å². The van der Waals surface area contributed by atoms with Gasteiger partial charge in [-0.1, -0.05) is 36.2 Å². The highest BCUT2D eigenvalue weighted by molar-refractivity contribution is 6.35. The van der Waals surface area contributed by atoms with Gasteiger partial charge in [-0.25, -0.2) is 4.98 Å². The van der Waals surface area contributed by atoms with Gasteiger partial charge in [-0.3, -0.25) is 4.79 Å². The Morgan fingerprint density at radius 3 is 2.60 bits per heavy atom. The van der Waals surface area contributed by atoms with Crippen LogP contribution in [-0.4, -0.2) is 58.6 Å². The van der Waals surface area contributed by atoms with Gasteiger partial charge in [-0.15, -0.1) is 0 Å². The molecule has 8 heteroatoms. The lowest BCUT2D eigenvalue weighted by Gasteiger charge is -2.43. The van der Waals surface area contributed by atoms with Gasteiger partial charge >= 0.3 is 0 Å². The summed E-state index contributed by atoms with van der Waals surface area (Å²) in [6, 6.07) is 12.1. The Labute approximate surface area is 217 Å². The molecule has 1 aromatic heterocycles. The number of halogens is 2. The fourth-order valence-corrected chi connectivity index (χ4v) is 6.15. The third-order valence-electron chi connectivity index (χ3n) is 7.83. The minimum Gasteiger partial charge on any atom is -0.368 e. The molecule has 0 saturated carbocycles. The van der Waals surface area contributed by atoms with E-state index in [0.29, 0.717) is 10.0 Å². The zero-order valence-corrected chi connectivity index (χ0v) is 21.9. The molecule has 2 aromatic carbocycles. The van der Waals surface area contributed by atoms with E-state index in [-0.39, 0.29) is 17.5 Å². The average Bonchev–Trinajstić information content (AvgIpc) is 3.32. The normalized spacial score (nSPS) is 21.9. The van der Waals surface area contributed by atoms with Crippen molar-refractivity contribution in [1.82, 2.24) is 19.8 Å². The van der Waals surface area contributed by atoms with Gasteiger partial charge in [0, 0.05) is 41.9 Å². The van der Waals surface area contributed by atoms with E-state index in [9.17, 15) is 4.79 Å². The van der Waals surface area contributed by atoms with E-state index >= 15 is 0 Å². The van der Waals surface area contributed by atoms with Gasteiger partial charge in [0.05, 0.1) is 28.9 Å². The lowest BCUT2D eigenvalue weighted by molar-refractivity contribution is -0.140. The third-order valence-corrected chi connectivity index (χ3v) is 8.39. The molecule has 1 amide bonds. The molecule has 2 fully saturated rings. The first-order chi connectivity index (χ1) is 16.9. The van der Waals surface area contributed by atoms with Crippen LogP contribution in [0.4, 0.5) is 5.69 Å². The second-order valence-electron chi connectivity index (χ2n) is 9.77. The number of hydrogen-bond donors (Lipinski definition) is 1. The first-order valence-corrected chi connectivity index (χ1v) is 13.4. The molecule has 2 aliphatic rings. The number of hydrogen-bond acceptors (Lipinski definition) is 4. The number of carbonyl (C=O) groups is 1. The molecule has 2 unspecified atom stereocenters. The van der Waals surface area contributed by atoms with Crippen LogP contribution in [0, 0.1) is 0 Å². The summed E-state index contributed by atoms with van der Waals surface area (Å²) in [6.07, 6.45) is 5.95. The van der Waals surface area contributed by atoms with Gasteiger partial charge in [-0.2, -0.15) is 0 Å². The number of piperidine rings is 1. The maximum absolute atomic E-state index is 13.4. The van der Waals surface area contributed by atoms with E-state index < -0.39 is 0 Å². The van der Waals surface area contributed by atoms with Gasteiger partial charge in [-0.05, 0) is 75.0 Å². The maximum Gasteiger partial charge on any atom is 0.242 e. The fourth-order valence-electron chi connectivity index (χ4n) is 5.58. The molecule has 186 valence electrons. The van der Waals surface area contributed by atoms with Crippen LogP contribution in [0.15, 0.2) is 42.7 Å². The Hall–Kier alpha value is -2.28. The number of nitrogens with zero attached hydrogens (tertiary/aromatic N) is 4. The van der Waals surface area contributed by atoms with E-state index in [2.05, 4.69) is 56.7 Å². The summed E-state index contributed by atoms with van der Waals surface area (Å²) in [7, 11) is 0. The number of benzene rings is 2. The summed E-state index contributed by atoms with van der Waals surface area (Å²) < 4.78 is 2.16. The highest BCUT2D eigenvalue weighted by Gasteiger charge is 2.41. The van der Waals surface area contributed by atoms with Gasteiger partial charge in [0.2, 0.25) is 5.91 Å². The number of aromatic nitrogens is 2. The van der Waals surface area contributed by atoms with Crippen molar-refractivity contribution < 1.29 is 4.79 Å². The van der Waals surface area contributed by atoms with E-state index in [0.717, 1.165) is 80.7 Å². The molecule has 0 radical (unpaired) electrons. The average molecular weight is 515 g/mol. The van der Waals surface area contributed by atoms with Gasteiger partial charge in [0.15, 0.2) is 0 Å². The number of amides is 1. The Bertz CT molecular complexity index is 1210. The third kappa shape index (κ3) is 4.64. The van der Waals surface area contributed by atoms with Crippen LogP contribution in [0.1, 0.15) is 51.1 Å². The summed E-state index contributed by atoms with van der Waals surface area (Å²) in [5.41, 5.74) is 3.81. The van der Waals surface area contributed by atoms with Gasteiger partial charge < -0.3 is 19.7 Å². The molecule has 35 heavy (non-hydrogen) atoms. The summed E-state index contributed by atoms with van der Waals surface area (Å²) in [5, 5.41) is 4.83. The minimum atomic E-state index is -0.370. The molecule has 1 N–H and O–H groups in total. The monoisotopic (exact) mass is 513 g/mol. The Balaban J connectivity index is 1.33. The SMILES string of the molecule is CCC1(C(=O)N2CCN(c3ccc4ncn(C(C)c5ccc(Cl)cc5Cl)c4c3)CC2)CCCCN1. The second kappa shape index (κ2) is 10.00. The highest BCUT2D eigenvalue weighted by atomic mass is 35.5. The maximum atomic E-state index is 13.4. The molecule has 6 nitrogen and oxygen atoms in total. The van der Waals surface area contributed by atoms with Crippen molar-refractivity contribution >= 4 is 45.8 Å². The number of fused-ring (bicyclic) bond motifs is 1. The molecule has 0 bridgehead atoms. The molecular weight excluding hydrogens is 481 g/mol. The Morgan fingerprint density at radius 2 is 1.91 bits per heavy atom. The quantitative estimate of drug-likeness (QED) is 0.487. The zero-order chi connectivity index (χ0) is 24.6. The predicted molar refractivity (Wildman–Crippen MR) is 144 cm³/mol. The van der Waals surface area contributed by atoms with Crippen LogP contribution in [0.25, 0.3) is 11.0 Å². The smallest absolute Gasteiger partial charge is 0.242 e. The summed E-state index contributed by atoms with van der Waals surface area (Å²) in [4.78, 5) is 22.5. The Morgan fingerprint density at radius 1 is 1.11 bits per heavy atom. The largest absolute Gasteiger partial charge is 0.368 e. The first kappa shape index (κ1) is 24.4. The minimum absolute atomic E-state index is 0.0164. The Kier molecular flexibility index (Phi) is 6.97. The molecule has 3 heterocycles. The molecule has 0 aliphatic carbocycles. The molecule has 5 rings (SSSR count). The van der Waals surface area contributed by atoms with Crippen LogP contribution in [0.2, 0.25) is 10.0 Å². The number of nitrogens with one attached hydrogen (secondary N) is 1. The summed E-state index contributed by atoms with van der Waals surface area (Å²) >= 11 is 12.6. The van der Waals surface area contributed by atoms with Crippen molar-refractivity contribution in [3.05, 3.63) is 58.3 Å². The number of rotatable bonds is 5. The van der Waals surface area contributed by atoms with Crippen molar-refractivity contribution in [3.8, 4) is 0 Å². The van der Waals surface area contributed by atoms with E-state index in [1.165, 1.54) is 0 Å². The predicted octanol–water partition coefficient (Wildman–Crippen LogP) is 5.52. The second-order valence-corrected chi connectivity index (χ2v) is 10.6. The van der Waals surface area contributed by atoms with Crippen LogP contribution < -0.4 is 10.2 Å². The standard InChI is InChI=1S/C27H33Cl2N5O/c1-3-27(10-4-5-11-31-27)26(35)33-14-12-32(13-15-33)21-7-9-24-25(17-21)34(18-30-24)19(2)22-8-6-20(28)16-23(22)29/h6-9,16-19,31H,3-5,10-15H2,1-2H3. The molecule has 3 aromatic rings. The lowest BCUT2D eigenvalue weighted by Crippen LogP contribution is -2.62. The molecule has 2 atom stereocenters. The zero-order valence-electron chi connectivity index (χ0n) is 20.4. The molecule has 2 saturated heterocycles. The van der Waals surface area contributed by atoms with Crippen molar-refractivity contribution in [3.63, 3.8) is 0 Å². The molecule has 0 spiro atoms. The topological polar surface area (TPSA) is 53.4 Å². The number of carbonyl (C=O) groups excluding carboxylic acids is 1. The highest BCUT2D eigenvalue weighted by Crippen LogP contribution is 2.32. The fraction of sp³-hybridized carbons (Fsp3) is 0.481. The van der Waals surface area contributed by atoms with Crippen LogP contribution in [0.5, 0.6) is 0 Å². The van der Waals surface area contributed by atoms with E-state index in [1.807, 2.05) is 18.5 Å². The van der Waals surface area contributed by atoms with Crippen LogP contribution in [0.3, 0.4) is 0 Å². The lowest BCUT2D eigenvalue weighted by atomic mass is 9.85. The summed E-state index contributed by atoms with van der Waals surface area (Å²) in [6.45, 7) is 8.33. The van der Waals surface area contributed by atoms with E-state index in [4.69, 9.17) is 23.2 Å². The van der Waals surface area contributed by atoms with Gasteiger partial charge in [0.25, 0.3) is 0 Å². The number of piperazine rings is 1. The van der Waals surface area contributed by atoms with Crippen molar-refractivity contribution in [2.24, 2.45) is 0 Å². The van der Waals surface area contributed by atoms with Crippen molar-refractivity contribution in [2.75, 3.05) is 37.6 Å². The first-order valence-electron chi connectivity index (χ1n) is 12.6. The van der Waals surface area contributed by atoms with Crippen molar-refractivity contribution in [2.45, 2.75) is 51.1 Å². The van der Waals surface area contributed by atoms with Crippen LogP contribution in [-0.2, 0) is 4.79 Å². The van der Waals surface area contributed by atoms with Gasteiger partial charge in [0.1, 0.15) is 0 Å². The molecule has 2 aliphatic heterocycles. The number of imidazole rings is 1. The van der Waals surface area contributed by atoms with Crippen molar-refractivity contribution in [1.29, 1.82) is 0 Å². The van der Waals surface area contributed by atoms with E-state index in [1.54, 1.807) is 6.07 Å².